The lowest BCUT2D eigenvalue weighted by Crippen LogP contribution is -2.43. The molecule has 0 aliphatic heterocycles. The minimum Gasteiger partial charge on any atom is -0.481 e. The highest BCUT2D eigenvalue weighted by atomic mass is 35.5. The van der Waals surface area contributed by atoms with E-state index in [2.05, 4.69) is 10.1 Å². The Bertz CT molecular complexity index is 363. The molecule has 19 heavy (non-hydrogen) atoms. The normalized spacial score (nSPS) is 29.2. The number of nitrogens with two attached hydrogens (primary N) is 1. The van der Waals surface area contributed by atoms with Gasteiger partial charge < -0.3 is 20.9 Å². The van der Waals surface area contributed by atoms with E-state index in [1.54, 1.807) is 0 Å². The third-order valence-electron chi connectivity index (χ3n) is 3.39. The van der Waals surface area contributed by atoms with Gasteiger partial charge in [0.2, 0.25) is 5.91 Å². The molecule has 1 saturated carbocycles. The predicted molar refractivity (Wildman–Crippen MR) is 68.6 cm³/mol. The van der Waals surface area contributed by atoms with Gasteiger partial charge in [-0.25, -0.2) is 0 Å². The number of esters is 1. The van der Waals surface area contributed by atoms with E-state index in [0.29, 0.717) is 0 Å². The number of ether oxygens (including phenoxy) is 1. The number of carboxylic acid groups (broad SMARTS) is 1. The van der Waals surface area contributed by atoms with Gasteiger partial charge in [0, 0.05) is 25.4 Å². The van der Waals surface area contributed by atoms with Crippen LogP contribution in [0.2, 0.25) is 0 Å². The summed E-state index contributed by atoms with van der Waals surface area (Å²) < 4.78 is 4.65. The third-order valence-corrected chi connectivity index (χ3v) is 3.39. The van der Waals surface area contributed by atoms with E-state index < -0.39 is 35.7 Å². The smallest absolute Gasteiger partial charge is 0.309 e. The maximum atomic E-state index is 11.6. The molecule has 1 fully saturated rings. The molecule has 0 unspecified atom stereocenters. The summed E-state index contributed by atoms with van der Waals surface area (Å²) in [5, 5.41) is 11.6. The molecule has 1 aliphatic rings. The summed E-state index contributed by atoms with van der Waals surface area (Å²) in [6, 6.07) is -0.668. The standard InChI is InChI=1S/C11H18N2O5.ClH/c1-5(14)13-4-8-6(11(17)18-2)3-7(9(8)12)10(15)16;/h6-9H,3-4,12H2,1-2H3,(H,13,14)(H,15,16);1H/t6-,7+,8+,9-;/m1./s1. The quantitative estimate of drug-likeness (QED) is 0.595. The lowest BCUT2D eigenvalue weighted by atomic mass is 9.93. The van der Waals surface area contributed by atoms with E-state index in [-0.39, 0.29) is 31.3 Å². The zero-order valence-electron chi connectivity index (χ0n) is 10.8. The fraction of sp³-hybridized carbons (Fsp3) is 0.727. The summed E-state index contributed by atoms with van der Waals surface area (Å²) in [6.07, 6.45) is 0.146. The van der Waals surface area contributed by atoms with Gasteiger partial charge in [0.1, 0.15) is 0 Å². The molecule has 1 rings (SSSR count). The Morgan fingerprint density at radius 1 is 1.37 bits per heavy atom. The fourth-order valence-corrected chi connectivity index (χ4v) is 2.40. The lowest BCUT2D eigenvalue weighted by Gasteiger charge is -2.21. The number of aliphatic carboxylic acids is 1. The van der Waals surface area contributed by atoms with Crippen molar-refractivity contribution in [3.05, 3.63) is 0 Å². The van der Waals surface area contributed by atoms with E-state index in [9.17, 15) is 14.4 Å². The van der Waals surface area contributed by atoms with Crippen LogP contribution in [0.1, 0.15) is 13.3 Å². The Morgan fingerprint density at radius 2 is 1.95 bits per heavy atom. The second kappa shape index (κ2) is 7.30. The molecule has 0 aromatic heterocycles. The molecule has 110 valence electrons. The van der Waals surface area contributed by atoms with Crippen LogP contribution in [0.4, 0.5) is 0 Å². The van der Waals surface area contributed by atoms with Gasteiger partial charge in [0.15, 0.2) is 0 Å². The Hall–Kier alpha value is -1.34. The zero-order valence-corrected chi connectivity index (χ0v) is 11.6. The summed E-state index contributed by atoms with van der Waals surface area (Å²) in [7, 11) is 1.25. The van der Waals surface area contributed by atoms with E-state index in [4.69, 9.17) is 10.8 Å². The number of carboxylic acids is 1. The zero-order chi connectivity index (χ0) is 13.9. The van der Waals surface area contributed by atoms with Crippen molar-refractivity contribution in [3.63, 3.8) is 0 Å². The first-order valence-corrected chi connectivity index (χ1v) is 5.69. The van der Waals surface area contributed by atoms with Crippen molar-refractivity contribution in [3.8, 4) is 0 Å². The first kappa shape index (κ1) is 17.7. The number of rotatable bonds is 4. The summed E-state index contributed by atoms with van der Waals surface area (Å²) >= 11 is 0. The van der Waals surface area contributed by atoms with Crippen LogP contribution < -0.4 is 11.1 Å². The van der Waals surface area contributed by atoms with E-state index >= 15 is 0 Å². The monoisotopic (exact) mass is 294 g/mol. The minimum absolute atomic E-state index is 0. The Morgan fingerprint density at radius 3 is 2.37 bits per heavy atom. The van der Waals surface area contributed by atoms with Crippen LogP contribution in [0, 0.1) is 17.8 Å². The molecule has 4 atom stereocenters. The van der Waals surface area contributed by atoms with Crippen molar-refractivity contribution in [2.75, 3.05) is 13.7 Å². The number of halogens is 1. The molecular formula is C11H19ClN2O5. The Kier molecular flexibility index (Phi) is 6.78. The number of hydrogen-bond acceptors (Lipinski definition) is 5. The first-order valence-electron chi connectivity index (χ1n) is 5.69. The van der Waals surface area contributed by atoms with Crippen LogP contribution in [0.25, 0.3) is 0 Å². The molecule has 1 aliphatic carbocycles. The molecule has 8 heteroatoms. The van der Waals surface area contributed by atoms with Gasteiger partial charge in [-0.15, -0.1) is 12.4 Å². The number of methoxy groups -OCH3 is 1. The van der Waals surface area contributed by atoms with Crippen LogP contribution >= 0.6 is 12.4 Å². The van der Waals surface area contributed by atoms with Crippen molar-refractivity contribution in [2.45, 2.75) is 19.4 Å². The minimum atomic E-state index is -1.03. The number of carbonyl (C=O) groups is 3. The number of nitrogens with one attached hydrogen (secondary N) is 1. The molecule has 4 N–H and O–H groups in total. The van der Waals surface area contributed by atoms with Crippen LogP contribution in [-0.4, -0.2) is 42.6 Å². The van der Waals surface area contributed by atoms with Crippen molar-refractivity contribution in [1.82, 2.24) is 5.32 Å². The van der Waals surface area contributed by atoms with Gasteiger partial charge in [0.25, 0.3) is 0 Å². The Labute approximate surface area is 117 Å². The average molecular weight is 295 g/mol. The largest absolute Gasteiger partial charge is 0.481 e. The third kappa shape index (κ3) is 4.07. The molecule has 0 aromatic rings. The van der Waals surface area contributed by atoms with Crippen LogP contribution in [-0.2, 0) is 19.1 Å². The van der Waals surface area contributed by atoms with Gasteiger partial charge in [-0.3, -0.25) is 14.4 Å². The molecule has 0 saturated heterocycles. The molecule has 1 amide bonds. The summed E-state index contributed by atoms with van der Waals surface area (Å²) in [6.45, 7) is 1.53. The van der Waals surface area contributed by atoms with E-state index in [1.807, 2.05) is 0 Å². The van der Waals surface area contributed by atoms with Crippen molar-refractivity contribution in [2.24, 2.45) is 23.5 Å². The SMILES string of the molecule is COC(=O)[C@@H]1C[C@H](C(=O)O)[C@@H](N)[C@H]1CNC(C)=O.Cl. The van der Waals surface area contributed by atoms with Crippen molar-refractivity contribution in [1.29, 1.82) is 0 Å². The second-order valence-electron chi connectivity index (χ2n) is 4.49. The number of carbonyl (C=O) groups excluding carboxylic acids is 2. The van der Waals surface area contributed by atoms with Crippen LogP contribution in [0.3, 0.4) is 0 Å². The van der Waals surface area contributed by atoms with Gasteiger partial charge in [-0.1, -0.05) is 0 Å². The fourth-order valence-electron chi connectivity index (χ4n) is 2.40. The number of amides is 1. The molecule has 0 radical (unpaired) electrons. The maximum absolute atomic E-state index is 11.6. The van der Waals surface area contributed by atoms with E-state index in [1.165, 1.54) is 14.0 Å². The van der Waals surface area contributed by atoms with Gasteiger partial charge >= 0.3 is 11.9 Å². The highest BCUT2D eigenvalue weighted by molar-refractivity contribution is 5.85. The summed E-state index contributed by atoms with van der Waals surface area (Å²) in [4.78, 5) is 33.5. The maximum Gasteiger partial charge on any atom is 0.309 e. The number of hydrogen-bond donors (Lipinski definition) is 3. The van der Waals surface area contributed by atoms with Crippen LogP contribution in [0.15, 0.2) is 0 Å². The average Bonchev–Trinajstić information content (AvgIpc) is 2.63. The van der Waals surface area contributed by atoms with Gasteiger partial charge in [-0.05, 0) is 6.42 Å². The first-order chi connectivity index (χ1) is 8.38. The molecule has 0 aromatic carbocycles. The summed E-state index contributed by atoms with van der Waals surface area (Å²) in [5.74, 6) is -3.54. The van der Waals surface area contributed by atoms with Crippen LogP contribution in [0.5, 0.6) is 0 Å². The second-order valence-corrected chi connectivity index (χ2v) is 4.49. The molecule has 0 bridgehead atoms. The highest BCUT2D eigenvalue weighted by Gasteiger charge is 2.48. The molecule has 0 heterocycles. The Balaban J connectivity index is 0.00000324. The van der Waals surface area contributed by atoms with Crippen molar-refractivity contribution >= 4 is 30.3 Å². The highest BCUT2D eigenvalue weighted by Crippen LogP contribution is 2.36. The molecule has 0 spiro atoms. The van der Waals surface area contributed by atoms with Gasteiger partial charge in [0.05, 0.1) is 18.9 Å². The van der Waals surface area contributed by atoms with Crippen molar-refractivity contribution < 1.29 is 24.2 Å². The lowest BCUT2D eigenvalue weighted by molar-refractivity contribution is -0.147. The summed E-state index contributed by atoms with van der Waals surface area (Å²) in [5.41, 5.74) is 5.85. The van der Waals surface area contributed by atoms with Gasteiger partial charge in [-0.2, -0.15) is 0 Å². The van der Waals surface area contributed by atoms with E-state index in [0.717, 1.165) is 0 Å². The predicted octanol–water partition coefficient (Wildman–Crippen LogP) is -0.618. The molecular weight excluding hydrogens is 276 g/mol. The topological polar surface area (TPSA) is 119 Å². The molecule has 7 nitrogen and oxygen atoms in total.